The van der Waals surface area contributed by atoms with Crippen LogP contribution in [-0.4, -0.2) is 19.0 Å². The fraction of sp³-hybridized carbons (Fsp3) is 0.900. The van der Waals surface area contributed by atoms with Crippen LogP contribution in [-0.2, 0) is 4.79 Å². The minimum Gasteiger partial charge on any atom is -0.356 e. The molecule has 0 spiro atoms. The maximum absolute atomic E-state index is 11.3. The van der Waals surface area contributed by atoms with Crippen LogP contribution in [0.2, 0.25) is 0 Å². The van der Waals surface area contributed by atoms with E-state index in [1.54, 1.807) is 0 Å². The van der Waals surface area contributed by atoms with Crippen LogP contribution < -0.4 is 11.1 Å². The summed E-state index contributed by atoms with van der Waals surface area (Å²) in [5.74, 6) is 1.00. The molecule has 0 saturated carbocycles. The molecule has 3 heteroatoms. The molecule has 0 rings (SSSR count). The Kier molecular flexibility index (Phi) is 6.59. The number of nitrogens with two attached hydrogens (primary N) is 1. The quantitative estimate of drug-likeness (QED) is 0.653. The summed E-state index contributed by atoms with van der Waals surface area (Å²) in [6.07, 6.45) is 1.69. The summed E-state index contributed by atoms with van der Waals surface area (Å²) in [5, 5.41) is 2.88. The molecule has 0 bridgehead atoms. The monoisotopic (exact) mass is 186 g/mol. The van der Waals surface area contributed by atoms with E-state index in [0.29, 0.717) is 31.3 Å². The summed E-state index contributed by atoms with van der Waals surface area (Å²) >= 11 is 0. The van der Waals surface area contributed by atoms with Gasteiger partial charge in [-0.3, -0.25) is 4.79 Å². The maximum Gasteiger partial charge on any atom is 0.220 e. The molecule has 0 aromatic rings. The van der Waals surface area contributed by atoms with Crippen molar-refractivity contribution in [2.45, 2.75) is 33.6 Å². The second-order valence-electron chi connectivity index (χ2n) is 3.86. The zero-order valence-corrected chi connectivity index (χ0v) is 8.97. The first kappa shape index (κ1) is 12.4. The van der Waals surface area contributed by atoms with Crippen molar-refractivity contribution in [1.29, 1.82) is 0 Å². The van der Waals surface area contributed by atoms with Crippen molar-refractivity contribution in [3.8, 4) is 0 Å². The van der Waals surface area contributed by atoms with Crippen molar-refractivity contribution < 1.29 is 4.79 Å². The number of amides is 1. The Labute approximate surface area is 81.1 Å². The first-order valence-corrected chi connectivity index (χ1v) is 5.06. The molecule has 2 atom stereocenters. The zero-order chi connectivity index (χ0) is 10.3. The highest BCUT2D eigenvalue weighted by Crippen LogP contribution is 2.05. The van der Waals surface area contributed by atoms with Crippen molar-refractivity contribution in [2.24, 2.45) is 17.6 Å². The van der Waals surface area contributed by atoms with Crippen LogP contribution in [0.25, 0.3) is 0 Å². The molecule has 0 fully saturated rings. The molecule has 1 amide bonds. The number of carbonyl (C=O) groups excluding carboxylic acids is 1. The van der Waals surface area contributed by atoms with Crippen molar-refractivity contribution in [2.75, 3.05) is 13.1 Å². The second kappa shape index (κ2) is 6.89. The number of hydrogen-bond acceptors (Lipinski definition) is 2. The van der Waals surface area contributed by atoms with Gasteiger partial charge in [0.2, 0.25) is 5.91 Å². The van der Waals surface area contributed by atoms with Crippen LogP contribution in [0.4, 0.5) is 0 Å². The van der Waals surface area contributed by atoms with Gasteiger partial charge in [0, 0.05) is 13.0 Å². The topological polar surface area (TPSA) is 55.1 Å². The SMILES string of the molecule is CCC(C)CC(=O)NCC(C)CN. The van der Waals surface area contributed by atoms with Gasteiger partial charge in [0.05, 0.1) is 0 Å². The molecule has 0 aromatic carbocycles. The Hall–Kier alpha value is -0.570. The van der Waals surface area contributed by atoms with E-state index in [0.717, 1.165) is 6.42 Å². The van der Waals surface area contributed by atoms with Crippen LogP contribution in [0.15, 0.2) is 0 Å². The maximum atomic E-state index is 11.3. The largest absolute Gasteiger partial charge is 0.356 e. The predicted molar refractivity (Wildman–Crippen MR) is 55.3 cm³/mol. The van der Waals surface area contributed by atoms with E-state index in [1.165, 1.54) is 0 Å². The van der Waals surface area contributed by atoms with Crippen molar-refractivity contribution in [1.82, 2.24) is 5.32 Å². The summed E-state index contributed by atoms with van der Waals surface area (Å²) in [6.45, 7) is 7.55. The van der Waals surface area contributed by atoms with Gasteiger partial charge < -0.3 is 11.1 Å². The fourth-order valence-corrected chi connectivity index (χ4v) is 0.904. The normalized spacial score (nSPS) is 15.1. The standard InChI is InChI=1S/C10H22N2O/c1-4-8(2)5-10(13)12-7-9(3)6-11/h8-9H,4-7,11H2,1-3H3,(H,12,13). The Bertz CT molecular complexity index is 148. The van der Waals surface area contributed by atoms with Crippen molar-refractivity contribution in [3.63, 3.8) is 0 Å². The van der Waals surface area contributed by atoms with Crippen LogP contribution in [0, 0.1) is 11.8 Å². The third-order valence-electron chi connectivity index (χ3n) is 2.28. The van der Waals surface area contributed by atoms with Gasteiger partial charge in [-0.1, -0.05) is 27.2 Å². The van der Waals surface area contributed by atoms with Crippen LogP contribution >= 0.6 is 0 Å². The third-order valence-corrected chi connectivity index (χ3v) is 2.28. The average molecular weight is 186 g/mol. The molecule has 0 aliphatic heterocycles. The lowest BCUT2D eigenvalue weighted by molar-refractivity contribution is -0.122. The van der Waals surface area contributed by atoms with Gasteiger partial charge in [0.15, 0.2) is 0 Å². The number of hydrogen-bond donors (Lipinski definition) is 2. The van der Waals surface area contributed by atoms with Crippen LogP contribution in [0.1, 0.15) is 33.6 Å². The van der Waals surface area contributed by atoms with Crippen LogP contribution in [0.5, 0.6) is 0 Å². The van der Waals surface area contributed by atoms with Gasteiger partial charge in [-0.25, -0.2) is 0 Å². The van der Waals surface area contributed by atoms with Gasteiger partial charge in [0.25, 0.3) is 0 Å². The van der Waals surface area contributed by atoms with Gasteiger partial charge in [0.1, 0.15) is 0 Å². The Balaban J connectivity index is 3.51. The minimum atomic E-state index is 0.148. The highest BCUT2D eigenvalue weighted by molar-refractivity contribution is 5.76. The molecule has 0 aliphatic carbocycles. The Morgan fingerprint density at radius 3 is 2.46 bits per heavy atom. The lowest BCUT2D eigenvalue weighted by Crippen LogP contribution is -2.31. The summed E-state index contributed by atoms with van der Waals surface area (Å²) in [6, 6.07) is 0. The minimum absolute atomic E-state index is 0.148. The highest BCUT2D eigenvalue weighted by Gasteiger charge is 2.07. The molecular weight excluding hydrogens is 164 g/mol. The summed E-state index contributed by atoms with van der Waals surface area (Å²) in [7, 11) is 0. The molecule has 0 aromatic heterocycles. The van der Waals surface area contributed by atoms with E-state index >= 15 is 0 Å². The lowest BCUT2D eigenvalue weighted by Gasteiger charge is -2.12. The van der Waals surface area contributed by atoms with E-state index in [1.807, 2.05) is 6.92 Å². The lowest BCUT2D eigenvalue weighted by atomic mass is 10.0. The molecule has 3 nitrogen and oxygen atoms in total. The number of rotatable bonds is 6. The van der Waals surface area contributed by atoms with E-state index in [9.17, 15) is 4.79 Å². The van der Waals surface area contributed by atoms with Gasteiger partial charge in [-0.05, 0) is 18.4 Å². The van der Waals surface area contributed by atoms with E-state index in [4.69, 9.17) is 5.73 Å². The molecule has 13 heavy (non-hydrogen) atoms. The molecule has 0 aliphatic rings. The molecule has 0 heterocycles. The first-order valence-electron chi connectivity index (χ1n) is 5.06. The Morgan fingerprint density at radius 1 is 1.38 bits per heavy atom. The number of nitrogens with one attached hydrogen (secondary N) is 1. The van der Waals surface area contributed by atoms with Crippen molar-refractivity contribution in [3.05, 3.63) is 0 Å². The molecular formula is C10H22N2O. The van der Waals surface area contributed by atoms with E-state index < -0.39 is 0 Å². The van der Waals surface area contributed by atoms with E-state index in [-0.39, 0.29) is 5.91 Å². The summed E-state index contributed by atoms with van der Waals surface area (Å²) in [4.78, 5) is 11.3. The average Bonchev–Trinajstić information content (AvgIpc) is 2.13. The molecule has 0 saturated heterocycles. The van der Waals surface area contributed by atoms with Gasteiger partial charge >= 0.3 is 0 Å². The predicted octanol–water partition coefficient (Wildman–Crippen LogP) is 1.13. The summed E-state index contributed by atoms with van der Waals surface area (Å²) in [5.41, 5.74) is 5.43. The molecule has 78 valence electrons. The smallest absolute Gasteiger partial charge is 0.220 e. The highest BCUT2D eigenvalue weighted by atomic mass is 16.1. The van der Waals surface area contributed by atoms with Crippen molar-refractivity contribution >= 4 is 5.91 Å². The van der Waals surface area contributed by atoms with Gasteiger partial charge in [-0.2, -0.15) is 0 Å². The zero-order valence-electron chi connectivity index (χ0n) is 8.97. The number of carbonyl (C=O) groups is 1. The second-order valence-corrected chi connectivity index (χ2v) is 3.86. The fourth-order valence-electron chi connectivity index (χ4n) is 0.904. The first-order chi connectivity index (χ1) is 6.10. The Morgan fingerprint density at radius 2 is 2.00 bits per heavy atom. The van der Waals surface area contributed by atoms with E-state index in [2.05, 4.69) is 19.2 Å². The summed E-state index contributed by atoms with van der Waals surface area (Å²) < 4.78 is 0. The molecule has 3 N–H and O–H groups in total. The van der Waals surface area contributed by atoms with Crippen LogP contribution in [0.3, 0.4) is 0 Å². The third kappa shape index (κ3) is 6.58. The molecule has 0 radical (unpaired) electrons. The molecule has 2 unspecified atom stereocenters. The van der Waals surface area contributed by atoms with Gasteiger partial charge in [-0.15, -0.1) is 0 Å².